The van der Waals surface area contributed by atoms with Crippen LogP contribution in [0.15, 0.2) is 0 Å². The van der Waals surface area contributed by atoms with Gasteiger partial charge in [-0.15, -0.1) is 0 Å². The largest absolute Gasteiger partial charge is 0.354 e. The average molecular weight is 305 g/mol. The first-order chi connectivity index (χ1) is 9.18. The van der Waals surface area contributed by atoms with Crippen LogP contribution in [0.3, 0.4) is 0 Å². The van der Waals surface area contributed by atoms with Gasteiger partial charge in [-0.1, -0.05) is 6.42 Å². The van der Waals surface area contributed by atoms with E-state index in [1.807, 2.05) is 0 Å². The van der Waals surface area contributed by atoms with Crippen molar-refractivity contribution in [3.05, 3.63) is 0 Å². The van der Waals surface area contributed by atoms with Crippen LogP contribution in [0.5, 0.6) is 0 Å². The highest BCUT2D eigenvalue weighted by molar-refractivity contribution is 7.88. The second-order valence-electron chi connectivity index (χ2n) is 6.22. The molecule has 118 valence electrons. The van der Waals surface area contributed by atoms with Crippen LogP contribution in [-0.2, 0) is 14.8 Å². The fourth-order valence-corrected chi connectivity index (χ4v) is 3.50. The Morgan fingerprint density at radius 3 is 2.60 bits per heavy atom. The summed E-state index contributed by atoms with van der Waals surface area (Å²) in [5.74, 6) is -0.0271. The monoisotopic (exact) mass is 305 g/mol. The van der Waals surface area contributed by atoms with Crippen LogP contribution >= 0.6 is 0 Å². The number of rotatable bonds is 7. The van der Waals surface area contributed by atoms with Crippen molar-refractivity contribution in [2.75, 3.05) is 19.3 Å². The fraction of sp³-hybridized carbons (Fsp3) is 0.923. The van der Waals surface area contributed by atoms with Crippen molar-refractivity contribution >= 4 is 15.9 Å². The van der Waals surface area contributed by atoms with Crippen LogP contribution in [0.1, 0.15) is 46.0 Å². The Bertz CT molecular complexity index is 415. The minimum absolute atomic E-state index is 0.0271. The summed E-state index contributed by atoms with van der Waals surface area (Å²) < 4.78 is 24.9. The van der Waals surface area contributed by atoms with Crippen molar-refractivity contribution in [3.8, 4) is 0 Å². The zero-order chi connectivity index (χ0) is 15.2. The number of hydrogen-bond donors (Lipinski definition) is 3. The van der Waals surface area contributed by atoms with Gasteiger partial charge in [0, 0.05) is 24.5 Å². The predicted molar refractivity (Wildman–Crippen MR) is 79.9 cm³/mol. The number of amides is 1. The highest BCUT2D eigenvalue weighted by Crippen LogP contribution is 2.11. The Hall–Kier alpha value is -0.660. The average Bonchev–Trinajstić information content (AvgIpc) is 2.32. The molecule has 1 aliphatic heterocycles. The molecule has 1 rings (SSSR count). The van der Waals surface area contributed by atoms with Crippen LogP contribution in [-0.4, -0.2) is 45.3 Å². The van der Waals surface area contributed by atoms with Gasteiger partial charge in [-0.05, 0) is 39.7 Å². The molecule has 1 heterocycles. The minimum Gasteiger partial charge on any atom is -0.354 e. The second kappa shape index (κ2) is 7.38. The summed E-state index contributed by atoms with van der Waals surface area (Å²) in [6, 6.07) is 0.441. The molecule has 0 aliphatic carbocycles. The molecule has 0 aromatic carbocycles. The zero-order valence-corrected chi connectivity index (χ0v) is 13.5. The van der Waals surface area contributed by atoms with Crippen molar-refractivity contribution in [1.82, 2.24) is 15.4 Å². The lowest BCUT2D eigenvalue weighted by Crippen LogP contribution is -2.51. The molecule has 1 saturated heterocycles. The third-order valence-corrected chi connectivity index (χ3v) is 4.24. The highest BCUT2D eigenvalue weighted by atomic mass is 32.2. The second-order valence-corrected chi connectivity index (χ2v) is 7.97. The Morgan fingerprint density at radius 1 is 1.35 bits per heavy atom. The van der Waals surface area contributed by atoms with Gasteiger partial charge >= 0.3 is 0 Å². The molecule has 1 fully saturated rings. The normalized spacial score (nSPS) is 20.6. The first kappa shape index (κ1) is 17.4. The van der Waals surface area contributed by atoms with Gasteiger partial charge in [0.05, 0.1) is 6.26 Å². The minimum atomic E-state index is -3.27. The zero-order valence-electron chi connectivity index (χ0n) is 12.7. The summed E-state index contributed by atoms with van der Waals surface area (Å²) in [4.78, 5) is 11.8. The quantitative estimate of drug-likeness (QED) is 0.633. The number of carbonyl (C=O) groups is 1. The molecule has 7 heteroatoms. The van der Waals surface area contributed by atoms with E-state index >= 15 is 0 Å². The van der Waals surface area contributed by atoms with Crippen molar-refractivity contribution in [2.45, 2.75) is 57.5 Å². The van der Waals surface area contributed by atoms with E-state index in [0.29, 0.717) is 12.5 Å². The predicted octanol–water partition coefficient (Wildman–Crippen LogP) is 0.353. The van der Waals surface area contributed by atoms with E-state index in [4.69, 9.17) is 0 Å². The van der Waals surface area contributed by atoms with Crippen molar-refractivity contribution < 1.29 is 13.2 Å². The molecule has 1 unspecified atom stereocenters. The van der Waals surface area contributed by atoms with E-state index in [9.17, 15) is 13.2 Å². The third kappa shape index (κ3) is 7.81. The summed E-state index contributed by atoms with van der Waals surface area (Å²) in [6.45, 7) is 4.82. The Kier molecular flexibility index (Phi) is 6.42. The van der Waals surface area contributed by atoms with Gasteiger partial charge < -0.3 is 10.6 Å². The molecule has 1 aliphatic rings. The van der Waals surface area contributed by atoms with E-state index in [1.54, 1.807) is 13.8 Å². The van der Waals surface area contributed by atoms with Crippen LogP contribution < -0.4 is 15.4 Å². The molecular formula is C13H27N3O3S. The number of nitrogens with one attached hydrogen (secondary N) is 3. The maximum Gasteiger partial charge on any atom is 0.220 e. The highest BCUT2D eigenvalue weighted by Gasteiger charge is 2.23. The van der Waals surface area contributed by atoms with E-state index in [-0.39, 0.29) is 12.5 Å². The van der Waals surface area contributed by atoms with E-state index < -0.39 is 15.6 Å². The summed E-state index contributed by atoms with van der Waals surface area (Å²) in [6.07, 6.45) is 6.01. The van der Waals surface area contributed by atoms with Crippen LogP contribution in [0.4, 0.5) is 0 Å². The Morgan fingerprint density at radius 2 is 2.05 bits per heavy atom. The van der Waals surface area contributed by atoms with E-state index in [0.717, 1.165) is 25.6 Å². The standard InChI is InChI=1S/C13H27N3O3S/c1-13(2,16-20(3,18)19)10-15-12(17)8-7-11-6-4-5-9-14-11/h11,14,16H,4-10H2,1-3H3,(H,15,17). The van der Waals surface area contributed by atoms with Gasteiger partial charge in [0.2, 0.25) is 15.9 Å². The van der Waals surface area contributed by atoms with Crippen LogP contribution in [0.2, 0.25) is 0 Å². The SMILES string of the molecule is CC(C)(CNC(=O)CCC1CCCCN1)NS(C)(=O)=O. The van der Waals surface area contributed by atoms with E-state index in [2.05, 4.69) is 15.4 Å². The molecule has 3 N–H and O–H groups in total. The summed E-state index contributed by atoms with van der Waals surface area (Å²) in [7, 11) is -3.27. The Balaban J connectivity index is 2.24. The fourth-order valence-electron chi connectivity index (χ4n) is 2.42. The van der Waals surface area contributed by atoms with Crippen molar-refractivity contribution in [3.63, 3.8) is 0 Å². The third-order valence-electron chi connectivity index (χ3n) is 3.32. The molecule has 0 bridgehead atoms. The lowest BCUT2D eigenvalue weighted by molar-refractivity contribution is -0.121. The van der Waals surface area contributed by atoms with Crippen molar-refractivity contribution in [2.24, 2.45) is 0 Å². The molecule has 1 atom stereocenters. The molecule has 1 amide bonds. The molecule has 0 aromatic heterocycles. The first-order valence-electron chi connectivity index (χ1n) is 7.17. The van der Waals surface area contributed by atoms with Gasteiger partial charge in [0.15, 0.2) is 0 Å². The smallest absolute Gasteiger partial charge is 0.220 e. The van der Waals surface area contributed by atoms with Gasteiger partial charge in [0.25, 0.3) is 0 Å². The number of hydrogen-bond acceptors (Lipinski definition) is 4. The topological polar surface area (TPSA) is 87.3 Å². The van der Waals surface area contributed by atoms with Gasteiger partial charge in [-0.25, -0.2) is 13.1 Å². The molecule has 0 spiro atoms. The Labute approximate surface area is 122 Å². The maximum absolute atomic E-state index is 11.8. The number of sulfonamides is 1. The van der Waals surface area contributed by atoms with Gasteiger partial charge in [0.1, 0.15) is 0 Å². The first-order valence-corrected chi connectivity index (χ1v) is 9.06. The maximum atomic E-state index is 11.8. The molecule has 6 nitrogen and oxygen atoms in total. The van der Waals surface area contributed by atoms with E-state index in [1.165, 1.54) is 12.8 Å². The molecule has 0 saturated carbocycles. The molecule has 0 radical (unpaired) electrons. The summed E-state index contributed by atoms with van der Waals surface area (Å²) in [5.41, 5.74) is -0.674. The van der Waals surface area contributed by atoms with Gasteiger partial charge in [-0.3, -0.25) is 4.79 Å². The lowest BCUT2D eigenvalue weighted by Gasteiger charge is -2.26. The molecular weight excluding hydrogens is 278 g/mol. The van der Waals surface area contributed by atoms with Crippen molar-refractivity contribution in [1.29, 1.82) is 0 Å². The van der Waals surface area contributed by atoms with Crippen LogP contribution in [0.25, 0.3) is 0 Å². The van der Waals surface area contributed by atoms with Gasteiger partial charge in [-0.2, -0.15) is 0 Å². The van der Waals surface area contributed by atoms with Crippen LogP contribution in [0, 0.1) is 0 Å². The summed E-state index contributed by atoms with van der Waals surface area (Å²) >= 11 is 0. The lowest BCUT2D eigenvalue weighted by atomic mass is 10.0. The number of carbonyl (C=O) groups excluding carboxylic acids is 1. The summed E-state index contributed by atoms with van der Waals surface area (Å²) in [5, 5.41) is 6.20. The number of piperidine rings is 1. The molecule has 0 aromatic rings. The molecule has 20 heavy (non-hydrogen) atoms.